The molecule has 1 fully saturated rings. The van der Waals surface area contributed by atoms with Gasteiger partial charge in [-0.25, -0.2) is 14.8 Å². The summed E-state index contributed by atoms with van der Waals surface area (Å²) >= 11 is 0. The van der Waals surface area contributed by atoms with Crippen LogP contribution in [0.25, 0.3) is 0 Å². The standard InChI is InChI=1S/C22H23N5O2/c1-16-5-4-6-17(13-16)26-9-11-27(12-10-26)21-14-20(23-15-24-21)25-19-8-3-2-7-18(19)22(28)29/h2-8,13-15H,9-12H2,1H3,(H,28,29)(H,23,24,25). The summed E-state index contributed by atoms with van der Waals surface area (Å²) in [6.45, 7) is 5.65. The van der Waals surface area contributed by atoms with Gasteiger partial charge in [-0.2, -0.15) is 0 Å². The maximum Gasteiger partial charge on any atom is 0.337 e. The number of nitrogens with one attached hydrogen (secondary N) is 1. The van der Waals surface area contributed by atoms with E-state index in [9.17, 15) is 9.90 Å². The van der Waals surface area contributed by atoms with Crippen LogP contribution in [0.4, 0.5) is 23.0 Å². The number of aryl methyl sites for hydroxylation is 1. The number of carboxylic acid groups (broad SMARTS) is 1. The van der Waals surface area contributed by atoms with Crippen molar-refractivity contribution in [2.75, 3.05) is 41.3 Å². The smallest absolute Gasteiger partial charge is 0.337 e. The van der Waals surface area contributed by atoms with Crippen LogP contribution >= 0.6 is 0 Å². The Hall–Kier alpha value is -3.61. The molecule has 1 aromatic heterocycles. The van der Waals surface area contributed by atoms with Gasteiger partial charge < -0.3 is 20.2 Å². The van der Waals surface area contributed by atoms with Crippen molar-refractivity contribution in [1.29, 1.82) is 0 Å². The summed E-state index contributed by atoms with van der Waals surface area (Å²) in [7, 11) is 0. The largest absolute Gasteiger partial charge is 0.478 e. The van der Waals surface area contributed by atoms with Gasteiger partial charge in [-0.15, -0.1) is 0 Å². The SMILES string of the molecule is Cc1cccc(N2CCN(c3cc(Nc4ccccc4C(=O)O)ncn3)CC2)c1. The van der Waals surface area contributed by atoms with Crippen LogP contribution in [-0.4, -0.2) is 47.2 Å². The summed E-state index contributed by atoms with van der Waals surface area (Å²) in [4.78, 5) is 24.7. The number of piperazine rings is 1. The van der Waals surface area contributed by atoms with E-state index < -0.39 is 5.97 Å². The highest BCUT2D eigenvalue weighted by Crippen LogP contribution is 2.24. The molecule has 148 valence electrons. The zero-order chi connectivity index (χ0) is 20.2. The molecule has 0 bridgehead atoms. The molecule has 1 aliphatic rings. The molecule has 7 nitrogen and oxygen atoms in total. The Labute approximate surface area is 169 Å². The Balaban J connectivity index is 1.45. The summed E-state index contributed by atoms with van der Waals surface area (Å²) in [6.07, 6.45) is 1.51. The van der Waals surface area contributed by atoms with Crippen molar-refractivity contribution in [3.63, 3.8) is 0 Å². The lowest BCUT2D eigenvalue weighted by atomic mass is 10.2. The summed E-state index contributed by atoms with van der Waals surface area (Å²) in [5.74, 6) is 0.429. The van der Waals surface area contributed by atoms with Gasteiger partial charge in [-0.3, -0.25) is 0 Å². The molecule has 2 N–H and O–H groups in total. The Morgan fingerprint density at radius 1 is 0.966 bits per heavy atom. The van der Waals surface area contributed by atoms with Crippen molar-refractivity contribution in [2.24, 2.45) is 0 Å². The number of carboxylic acids is 1. The number of benzene rings is 2. The lowest BCUT2D eigenvalue weighted by molar-refractivity contribution is 0.0698. The number of rotatable bonds is 5. The van der Waals surface area contributed by atoms with Gasteiger partial charge in [-0.05, 0) is 36.8 Å². The molecule has 0 unspecified atom stereocenters. The highest BCUT2D eigenvalue weighted by atomic mass is 16.4. The predicted molar refractivity (Wildman–Crippen MR) is 114 cm³/mol. The number of para-hydroxylation sites is 1. The summed E-state index contributed by atoms with van der Waals surface area (Å²) < 4.78 is 0. The van der Waals surface area contributed by atoms with E-state index >= 15 is 0 Å². The Morgan fingerprint density at radius 2 is 1.72 bits per heavy atom. The second kappa shape index (κ2) is 8.18. The molecule has 0 radical (unpaired) electrons. The molecule has 1 saturated heterocycles. The fourth-order valence-electron chi connectivity index (χ4n) is 3.52. The minimum atomic E-state index is -0.977. The fraction of sp³-hybridized carbons (Fsp3) is 0.227. The van der Waals surface area contributed by atoms with Gasteiger partial charge in [0.1, 0.15) is 18.0 Å². The number of hydrogen-bond donors (Lipinski definition) is 2. The number of carbonyl (C=O) groups is 1. The van der Waals surface area contributed by atoms with Crippen molar-refractivity contribution in [1.82, 2.24) is 9.97 Å². The van der Waals surface area contributed by atoms with E-state index in [-0.39, 0.29) is 5.56 Å². The summed E-state index contributed by atoms with van der Waals surface area (Å²) in [5, 5.41) is 12.5. The van der Waals surface area contributed by atoms with Gasteiger partial charge in [-0.1, -0.05) is 24.3 Å². The number of anilines is 4. The van der Waals surface area contributed by atoms with E-state index in [1.54, 1.807) is 24.3 Å². The molecule has 7 heteroatoms. The maximum atomic E-state index is 11.4. The van der Waals surface area contributed by atoms with Crippen molar-refractivity contribution in [2.45, 2.75) is 6.92 Å². The summed E-state index contributed by atoms with van der Waals surface area (Å²) in [5.41, 5.74) is 3.23. The average Bonchev–Trinajstić information content (AvgIpc) is 2.74. The average molecular weight is 389 g/mol. The van der Waals surface area contributed by atoms with Crippen LogP contribution in [0.1, 0.15) is 15.9 Å². The van der Waals surface area contributed by atoms with Gasteiger partial charge >= 0.3 is 5.97 Å². The molecule has 1 aliphatic heterocycles. The topological polar surface area (TPSA) is 81.6 Å². The molecule has 0 amide bonds. The van der Waals surface area contributed by atoms with Crippen molar-refractivity contribution in [3.8, 4) is 0 Å². The maximum absolute atomic E-state index is 11.4. The minimum absolute atomic E-state index is 0.208. The molecule has 2 heterocycles. The van der Waals surface area contributed by atoms with Gasteiger partial charge in [0.15, 0.2) is 0 Å². The Kier molecular flexibility index (Phi) is 5.29. The number of aromatic carboxylic acids is 1. The number of aromatic nitrogens is 2. The third kappa shape index (κ3) is 4.29. The molecular weight excluding hydrogens is 366 g/mol. The first-order valence-corrected chi connectivity index (χ1v) is 9.58. The van der Waals surface area contributed by atoms with Crippen LogP contribution in [-0.2, 0) is 0 Å². The molecule has 29 heavy (non-hydrogen) atoms. The summed E-state index contributed by atoms with van der Waals surface area (Å²) in [6, 6.07) is 17.2. The van der Waals surface area contributed by atoms with Crippen LogP contribution < -0.4 is 15.1 Å². The van der Waals surface area contributed by atoms with E-state index in [0.29, 0.717) is 11.5 Å². The van der Waals surface area contributed by atoms with Crippen molar-refractivity contribution >= 4 is 29.0 Å². The molecule has 4 rings (SSSR count). The molecule has 2 aromatic carbocycles. The lowest BCUT2D eigenvalue weighted by Crippen LogP contribution is -2.46. The monoisotopic (exact) mass is 389 g/mol. The highest BCUT2D eigenvalue weighted by Gasteiger charge is 2.19. The third-order valence-electron chi connectivity index (χ3n) is 5.04. The molecule has 3 aromatic rings. The lowest BCUT2D eigenvalue weighted by Gasteiger charge is -2.36. The first kappa shape index (κ1) is 18.7. The number of hydrogen-bond acceptors (Lipinski definition) is 6. The van der Waals surface area contributed by atoms with E-state index in [4.69, 9.17) is 0 Å². The Morgan fingerprint density at radius 3 is 2.48 bits per heavy atom. The molecule has 0 atom stereocenters. The van der Waals surface area contributed by atoms with Gasteiger partial charge in [0, 0.05) is 37.9 Å². The van der Waals surface area contributed by atoms with E-state index in [1.807, 2.05) is 6.07 Å². The molecule has 0 saturated carbocycles. The van der Waals surface area contributed by atoms with Crippen molar-refractivity contribution in [3.05, 3.63) is 72.1 Å². The van der Waals surface area contributed by atoms with Crippen LogP contribution in [0.5, 0.6) is 0 Å². The highest BCUT2D eigenvalue weighted by molar-refractivity contribution is 5.95. The first-order chi connectivity index (χ1) is 14.1. The second-order valence-corrected chi connectivity index (χ2v) is 7.05. The van der Waals surface area contributed by atoms with E-state index in [2.05, 4.69) is 56.3 Å². The van der Waals surface area contributed by atoms with Gasteiger partial charge in [0.05, 0.1) is 11.3 Å². The van der Waals surface area contributed by atoms with Crippen molar-refractivity contribution < 1.29 is 9.90 Å². The van der Waals surface area contributed by atoms with Gasteiger partial charge in [0.25, 0.3) is 0 Å². The second-order valence-electron chi connectivity index (χ2n) is 7.05. The van der Waals surface area contributed by atoms with Crippen LogP contribution in [0.3, 0.4) is 0 Å². The molecule has 0 spiro atoms. The normalized spacial score (nSPS) is 14.0. The number of nitrogens with zero attached hydrogens (tertiary/aromatic N) is 4. The van der Waals surface area contributed by atoms with Crippen LogP contribution in [0.15, 0.2) is 60.9 Å². The van der Waals surface area contributed by atoms with E-state index in [1.165, 1.54) is 17.6 Å². The zero-order valence-corrected chi connectivity index (χ0v) is 16.2. The van der Waals surface area contributed by atoms with Crippen LogP contribution in [0, 0.1) is 6.92 Å². The minimum Gasteiger partial charge on any atom is -0.478 e. The third-order valence-corrected chi connectivity index (χ3v) is 5.04. The first-order valence-electron chi connectivity index (χ1n) is 9.58. The predicted octanol–water partition coefficient (Wildman–Crippen LogP) is 3.55. The van der Waals surface area contributed by atoms with Crippen LogP contribution in [0.2, 0.25) is 0 Å². The Bertz CT molecular complexity index is 1020. The molecule has 0 aliphatic carbocycles. The fourth-order valence-corrected chi connectivity index (χ4v) is 3.52. The molecular formula is C22H23N5O2. The quantitative estimate of drug-likeness (QED) is 0.690. The van der Waals surface area contributed by atoms with Gasteiger partial charge in [0.2, 0.25) is 0 Å². The zero-order valence-electron chi connectivity index (χ0n) is 16.2. The van der Waals surface area contributed by atoms with E-state index in [0.717, 1.165) is 32.0 Å².